The number of aromatic nitrogens is 2. The van der Waals surface area contributed by atoms with Crippen molar-refractivity contribution in [2.75, 3.05) is 31.5 Å². The van der Waals surface area contributed by atoms with Gasteiger partial charge < -0.3 is 20.4 Å². The molecule has 3 saturated heterocycles. The number of carbonyl (C=O) groups excluding carboxylic acids is 2. The molecule has 0 saturated carbocycles. The van der Waals surface area contributed by atoms with Crippen molar-refractivity contribution >= 4 is 28.2 Å². The Morgan fingerprint density at radius 2 is 1.60 bits per heavy atom. The molecule has 3 aromatic rings. The van der Waals surface area contributed by atoms with Crippen molar-refractivity contribution in [1.82, 2.24) is 24.7 Å². The summed E-state index contributed by atoms with van der Waals surface area (Å²) in [4.78, 5) is 58.6. The maximum absolute atomic E-state index is 14.0. The van der Waals surface area contributed by atoms with E-state index in [4.69, 9.17) is 0 Å². The van der Waals surface area contributed by atoms with Crippen LogP contribution in [-0.2, 0) is 21.5 Å². The SMILES string of the molecule is Cc1cc(C)cc(C2Nc3sc(C(C)(C)C(=O)N4C5CCC4CC5)cc3C2CCN2CCC(CNC(=O)Cn3cc(C)c(=O)[nH]c3=O)CC2)c1. The van der Waals surface area contributed by atoms with Crippen LogP contribution in [0.2, 0.25) is 0 Å². The standard InChI is InChI=1S/C39H52N6O4S/c1-23-16-24(2)18-27(17-23)34-30(31-19-32(50-36(31)41-34)39(4,5)37(48)45-28-6-7-29(45)9-8-28)12-15-43-13-10-26(11-14-43)20-40-33(46)22-44-21-25(3)35(47)42-38(44)49/h16-19,21,26,28-30,34,41H,6-15,20,22H2,1-5H3,(H,40,46)(H,42,47,49). The van der Waals surface area contributed by atoms with Crippen LogP contribution < -0.4 is 21.9 Å². The van der Waals surface area contributed by atoms with Gasteiger partial charge in [-0.2, -0.15) is 0 Å². The van der Waals surface area contributed by atoms with Crippen LogP contribution in [0.3, 0.4) is 0 Å². The summed E-state index contributed by atoms with van der Waals surface area (Å²) in [5.41, 5.74) is 4.09. The van der Waals surface area contributed by atoms with Gasteiger partial charge in [-0.1, -0.05) is 29.3 Å². The minimum Gasteiger partial charge on any atom is -0.369 e. The zero-order valence-electron chi connectivity index (χ0n) is 30.1. The first-order valence-corrected chi connectivity index (χ1v) is 19.3. The number of rotatable bonds is 10. The van der Waals surface area contributed by atoms with E-state index < -0.39 is 16.7 Å². The van der Waals surface area contributed by atoms with Crippen LogP contribution in [0.4, 0.5) is 5.00 Å². The van der Waals surface area contributed by atoms with E-state index in [9.17, 15) is 19.2 Å². The number of hydrogen-bond donors (Lipinski definition) is 3. The topological polar surface area (TPSA) is 120 Å². The van der Waals surface area contributed by atoms with E-state index in [-0.39, 0.29) is 18.5 Å². The highest BCUT2D eigenvalue weighted by molar-refractivity contribution is 7.16. The predicted molar refractivity (Wildman–Crippen MR) is 198 cm³/mol. The molecule has 50 heavy (non-hydrogen) atoms. The van der Waals surface area contributed by atoms with Crippen LogP contribution in [0.15, 0.2) is 40.1 Å². The predicted octanol–water partition coefficient (Wildman–Crippen LogP) is 5.12. The second-order valence-electron chi connectivity index (χ2n) is 15.9. The van der Waals surface area contributed by atoms with Crippen LogP contribution in [0.5, 0.6) is 0 Å². The third-order valence-corrected chi connectivity index (χ3v) is 13.3. The number of benzene rings is 1. The first kappa shape index (κ1) is 34.7. The zero-order valence-corrected chi connectivity index (χ0v) is 31.0. The largest absolute Gasteiger partial charge is 0.369 e. The lowest BCUT2D eigenvalue weighted by Gasteiger charge is -2.33. The minimum atomic E-state index is -0.571. The van der Waals surface area contributed by atoms with Crippen molar-refractivity contribution < 1.29 is 9.59 Å². The summed E-state index contributed by atoms with van der Waals surface area (Å²) < 4.78 is 1.25. The number of aromatic amines is 1. The monoisotopic (exact) mass is 700 g/mol. The minimum absolute atomic E-state index is 0.108. The average Bonchev–Trinajstić information content (AvgIpc) is 3.86. The molecule has 0 spiro atoms. The second kappa shape index (κ2) is 13.8. The Bertz CT molecular complexity index is 1840. The molecule has 3 fully saturated rings. The second-order valence-corrected chi connectivity index (χ2v) is 17.0. The number of H-pyrrole nitrogens is 1. The van der Waals surface area contributed by atoms with Crippen molar-refractivity contribution in [3.63, 3.8) is 0 Å². The summed E-state index contributed by atoms with van der Waals surface area (Å²) in [5.74, 6) is 0.763. The normalized spacial score (nSPS) is 23.7. The molecule has 0 radical (unpaired) electrons. The number of amides is 2. The van der Waals surface area contributed by atoms with Gasteiger partial charge in [-0.3, -0.25) is 23.9 Å². The quantitative estimate of drug-likeness (QED) is 0.270. The van der Waals surface area contributed by atoms with Crippen LogP contribution in [0, 0.1) is 26.7 Å². The average molecular weight is 701 g/mol. The van der Waals surface area contributed by atoms with Crippen molar-refractivity contribution in [3.8, 4) is 0 Å². The lowest BCUT2D eigenvalue weighted by Crippen LogP contribution is -2.45. The van der Waals surface area contributed by atoms with Crippen molar-refractivity contribution in [2.45, 2.75) is 116 Å². The Morgan fingerprint density at radius 3 is 2.26 bits per heavy atom. The number of carbonyl (C=O) groups is 2. The third kappa shape index (κ3) is 6.83. The van der Waals surface area contributed by atoms with Crippen LogP contribution in [-0.4, -0.2) is 69.4 Å². The van der Waals surface area contributed by atoms with E-state index in [1.165, 1.54) is 42.9 Å². The first-order valence-electron chi connectivity index (χ1n) is 18.5. The lowest BCUT2D eigenvalue weighted by molar-refractivity contribution is -0.137. The molecule has 0 aliphatic carbocycles. The number of aryl methyl sites for hydroxylation is 3. The molecule has 2 atom stereocenters. The van der Waals surface area contributed by atoms with Gasteiger partial charge in [0.2, 0.25) is 11.8 Å². The first-order chi connectivity index (χ1) is 23.9. The Labute approximate surface area is 298 Å². The molecule has 11 heteroatoms. The maximum Gasteiger partial charge on any atom is 0.328 e. The number of nitrogens with one attached hydrogen (secondary N) is 3. The number of nitrogens with zero attached hydrogens (tertiary/aromatic N) is 3. The molecule has 10 nitrogen and oxygen atoms in total. The molecule has 2 bridgehead atoms. The maximum atomic E-state index is 14.0. The zero-order chi connectivity index (χ0) is 35.3. The van der Waals surface area contributed by atoms with E-state index in [2.05, 4.69) is 77.4 Å². The number of anilines is 1. The molecule has 268 valence electrons. The van der Waals surface area contributed by atoms with Gasteiger partial charge in [0.1, 0.15) is 6.54 Å². The molecule has 4 aliphatic rings. The molecular weight excluding hydrogens is 649 g/mol. The van der Waals surface area contributed by atoms with Crippen LogP contribution >= 0.6 is 11.3 Å². The molecule has 2 unspecified atom stereocenters. The molecule has 2 amide bonds. The number of likely N-dealkylation sites (tertiary alicyclic amines) is 1. The molecule has 6 heterocycles. The van der Waals surface area contributed by atoms with Gasteiger partial charge in [-0.05, 0) is 122 Å². The summed E-state index contributed by atoms with van der Waals surface area (Å²) in [6.45, 7) is 13.6. The smallest absolute Gasteiger partial charge is 0.328 e. The summed E-state index contributed by atoms with van der Waals surface area (Å²) in [7, 11) is 0. The molecule has 3 N–H and O–H groups in total. The van der Waals surface area contributed by atoms with Gasteiger partial charge in [-0.15, -0.1) is 11.3 Å². The van der Waals surface area contributed by atoms with E-state index in [1.54, 1.807) is 18.3 Å². The molecule has 1 aromatic carbocycles. The van der Waals surface area contributed by atoms with E-state index in [1.807, 2.05) is 0 Å². The van der Waals surface area contributed by atoms with Gasteiger partial charge >= 0.3 is 5.69 Å². The van der Waals surface area contributed by atoms with Crippen LogP contribution in [0.1, 0.15) is 103 Å². The van der Waals surface area contributed by atoms with Gasteiger partial charge in [0.05, 0.1) is 16.5 Å². The van der Waals surface area contributed by atoms with Gasteiger partial charge in [-0.25, -0.2) is 4.79 Å². The summed E-state index contributed by atoms with van der Waals surface area (Å²) in [6, 6.07) is 10.3. The molecule has 2 aromatic heterocycles. The fraction of sp³-hybridized carbons (Fsp3) is 0.590. The Hall–Kier alpha value is -3.70. The Morgan fingerprint density at radius 1 is 0.940 bits per heavy atom. The highest BCUT2D eigenvalue weighted by atomic mass is 32.1. The van der Waals surface area contributed by atoms with Crippen molar-refractivity contribution in [1.29, 1.82) is 0 Å². The number of thiophene rings is 1. The number of piperidine rings is 1. The van der Waals surface area contributed by atoms with Gasteiger partial charge in [0.15, 0.2) is 0 Å². The summed E-state index contributed by atoms with van der Waals surface area (Å²) >= 11 is 1.78. The Kier molecular flexibility index (Phi) is 9.58. The third-order valence-electron chi connectivity index (χ3n) is 11.8. The van der Waals surface area contributed by atoms with Gasteiger partial charge in [0.25, 0.3) is 5.56 Å². The summed E-state index contributed by atoms with van der Waals surface area (Å²) in [6.07, 6.45) is 9.08. The van der Waals surface area contributed by atoms with Crippen molar-refractivity contribution in [2.24, 2.45) is 5.92 Å². The number of hydrogen-bond acceptors (Lipinski definition) is 7. The van der Waals surface area contributed by atoms with Gasteiger partial charge in [0, 0.05) is 41.2 Å². The van der Waals surface area contributed by atoms with Crippen molar-refractivity contribution in [3.05, 3.63) is 84.0 Å². The molecular formula is C39H52N6O4S. The van der Waals surface area contributed by atoms with Crippen LogP contribution in [0.25, 0.3) is 0 Å². The van der Waals surface area contributed by atoms with E-state index in [0.717, 1.165) is 64.6 Å². The molecule has 4 aliphatic heterocycles. The highest BCUT2D eigenvalue weighted by Crippen LogP contribution is 2.52. The lowest BCUT2D eigenvalue weighted by atomic mass is 9.84. The van der Waals surface area contributed by atoms with E-state index >= 15 is 0 Å². The fourth-order valence-electron chi connectivity index (χ4n) is 8.96. The summed E-state index contributed by atoms with van der Waals surface area (Å²) in [5, 5.41) is 8.15. The number of fused-ring (bicyclic) bond motifs is 3. The highest BCUT2D eigenvalue weighted by Gasteiger charge is 2.48. The molecule has 7 rings (SSSR count). The fourth-order valence-corrected chi connectivity index (χ4v) is 10.2. The van der Waals surface area contributed by atoms with E-state index in [0.29, 0.717) is 41.9 Å². The Balaban J connectivity index is 0.990.